The van der Waals surface area contributed by atoms with Crippen molar-refractivity contribution in [3.63, 3.8) is 0 Å². The predicted octanol–water partition coefficient (Wildman–Crippen LogP) is 1.77. The van der Waals surface area contributed by atoms with E-state index in [1.807, 2.05) is 0 Å². The van der Waals surface area contributed by atoms with Crippen LogP contribution < -0.4 is 9.44 Å². The first-order valence-electron chi connectivity index (χ1n) is 8.39. The minimum Gasteiger partial charge on any atom is -0.317 e. The van der Waals surface area contributed by atoms with Gasteiger partial charge in [0.05, 0.1) is 5.25 Å². The molecule has 8 nitrogen and oxygen atoms in total. The number of rotatable bonds is 8. The number of sulfone groups is 1. The number of nitrogens with one attached hydrogen (secondary N) is 2. The SMILES string of the molecule is CC(C1CCCNCC1)S(=O)(=O)C(F)(F)C(F)(F)C(F)(F)S(=O)(=O)NS(=O)(=O)C(F)(F)F. The quantitative estimate of drug-likeness (QED) is 0.440. The van der Waals surface area contributed by atoms with Gasteiger partial charge in [-0.05, 0) is 45.2 Å². The predicted molar refractivity (Wildman–Crippen MR) is 90.5 cm³/mol. The molecule has 0 aromatic rings. The standard InChI is InChI=1S/C12H17F9N2O6S3/c1-7(8-3-2-5-22-6-4-8)30(24,25)10(15,16)9(13,14)11(17,18)31(26,27)23-32(28,29)12(19,20)21/h7-8,22-23H,2-6H2,1H3. The molecular formula is C12H17F9N2O6S3. The third kappa shape index (κ3) is 4.83. The zero-order valence-corrected chi connectivity index (χ0v) is 18.2. The van der Waals surface area contributed by atoms with Gasteiger partial charge < -0.3 is 5.32 Å². The van der Waals surface area contributed by atoms with E-state index in [0.29, 0.717) is 13.5 Å². The Morgan fingerprint density at radius 3 is 1.75 bits per heavy atom. The third-order valence-electron chi connectivity index (χ3n) is 4.72. The molecule has 1 heterocycles. The molecule has 0 radical (unpaired) electrons. The van der Waals surface area contributed by atoms with Crippen LogP contribution in [0.1, 0.15) is 26.2 Å². The second-order valence-electron chi connectivity index (χ2n) is 6.84. The molecule has 0 aromatic heterocycles. The van der Waals surface area contributed by atoms with Crippen molar-refractivity contribution in [2.24, 2.45) is 5.92 Å². The van der Waals surface area contributed by atoms with Gasteiger partial charge in [0, 0.05) is 0 Å². The molecule has 1 aliphatic rings. The number of hydrogen-bond donors (Lipinski definition) is 2. The van der Waals surface area contributed by atoms with E-state index in [0.717, 1.165) is 0 Å². The molecule has 2 N–H and O–H groups in total. The fraction of sp³-hybridized carbons (Fsp3) is 1.00. The highest BCUT2D eigenvalue weighted by molar-refractivity contribution is 8.05. The second-order valence-corrected chi connectivity index (χ2v) is 12.8. The van der Waals surface area contributed by atoms with Gasteiger partial charge in [-0.1, -0.05) is 4.13 Å². The van der Waals surface area contributed by atoms with Crippen LogP contribution in [0.5, 0.6) is 0 Å². The molecule has 192 valence electrons. The van der Waals surface area contributed by atoms with Crippen molar-refractivity contribution in [2.45, 2.75) is 53.4 Å². The Morgan fingerprint density at radius 2 is 1.28 bits per heavy atom. The number of sulfonamides is 2. The Labute approximate surface area is 176 Å². The zero-order chi connectivity index (χ0) is 25.6. The highest BCUT2D eigenvalue weighted by Gasteiger charge is 2.82. The van der Waals surface area contributed by atoms with Crippen molar-refractivity contribution in [3.8, 4) is 0 Å². The van der Waals surface area contributed by atoms with E-state index >= 15 is 0 Å². The summed E-state index contributed by atoms with van der Waals surface area (Å²) in [6.45, 7) is 0.885. The lowest BCUT2D eigenvalue weighted by atomic mass is 9.98. The Hall–Kier alpha value is -0.860. The van der Waals surface area contributed by atoms with Crippen LogP contribution >= 0.6 is 0 Å². The van der Waals surface area contributed by atoms with E-state index in [2.05, 4.69) is 5.32 Å². The van der Waals surface area contributed by atoms with Gasteiger partial charge in [-0.25, -0.2) is 25.3 Å². The molecule has 1 aliphatic heterocycles. The smallest absolute Gasteiger partial charge is 0.317 e. The monoisotopic (exact) mass is 552 g/mol. The highest BCUT2D eigenvalue weighted by Crippen LogP contribution is 2.52. The van der Waals surface area contributed by atoms with Gasteiger partial charge in [0.2, 0.25) is 9.84 Å². The Bertz CT molecular complexity index is 1000. The average molecular weight is 552 g/mol. The first kappa shape index (κ1) is 29.2. The number of alkyl halides is 9. The Kier molecular flexibility index (Phi) is 7.96. The van der Waals surface area contributed by atoms with Crippen molar-refractivity contribution in [2.75, 3.05) is 13.1 Å². The molecule has 32 heavy (non-hydrogen) atoms. The third-order valence-corrected chi connectivity index (χ3v) is 10.4. The van der Waals surface area contributed by atoms with Gasteiger partial charge in [-0.15, -0.1) is 0 Å². The van der Waals surface area contributed by atoms with Gasteiger partial charge in [0.1, 0.15) is 0 Å². The van der Waals surface area contributed by atoms with Gasteiger partial charge in [-0.3, -0.25) is 0 Å². The van der Waals surface area contributed by atoms with Crippen molar-refractivity contribution < 1.29 is 64.8 Å². The van der Waals surface area contributed by atoms with Crippen molar-refractivity contribution >= 4 is 29.9 Å². The molecule has 2 atom stereocenters. The molecule has 20 heteroatoms. The topological polar surface area (TPSA) is 126 Å². The van der Waals surface area contributed by atoms with Crippen molar-refractivity contribution in [1.82, 2.24) is 9.44 Å². The fourth-order valence-electron chi connectivity index (χ4n) is 2.76. The zero-order valence-electron chi connectivity index (χ0n) is 15.8. The van der Waals surface area contributed by atoms with Crippen LogP contribution in [0.2, 0.25) is 0 Å². The van der Waals surface area contributed by atoms with Crippen LogP contribution in [-0.2, 0) is 29.9 Å². The van der Waals surface area contributed by atoms with Crippen LogP contribution in [-0.4, -0.2) is 65.5 Å². The summed E-state index contributed by atoms with van der Waals surface area (Å²) in [6.07, 6.45) is -0.0481. The van der Waals surface area contributed by atoms with Crippen LogP contribution in [0.25, 0.3) is 0 Å². The van der Waals surface area contributed by atoms with E-state index in [4.69, 9.17) is 0 Å². The minimum absolute atomic E-state index is 0.0657. The van der Waals surface area contributed by atoms with Crippen LogP contribution in [0, 0.1) is 5.92 Å². The van der Waals surface area contributed by atoms with Crippen LogP contribution in [0.4, 0.5) is 39.5 Å². The van der Waals surface area contributed by atoms with E-state index < -0.39 is 67.1 Å². The molecule has 1 saturated heterocycles. The summed E-state index contributed by atoms with van der Waals surface area (Å²) in [5.74, 6) is -8.60. The molecule has 0 bridgehead atoms. The maximum Gasteiger partial charge on any atom is 0.512 e. The summed E-state index contributed by atoms with van der Waals surface area (Å²) in [7, 11) is -21.6. The fourth-order valence-corrected chi connectivity index (χ4v) is 6.98. The van der Waals surface area contributed by atoms with Gasteiger partial charge in [0.15, 0.2) is 0 Å². The summed E-state index contributed by atoms with van der Waals surface area (Å²) in [4.78, 5) is 0. The van der Waals surface area contributed by atoms with E-state index in [1.54, 1.807) is 0 Å². The normalized spacial score (nSPS) is 21.8. The highest BCUT2D eigenvalue weighted by atomic mass is 32.3. The number of halogens is 9. The second kappa shape index (κ2) is 8.73. The lowest BCUT2D eigenvalue weighted by Crippen LogP contribution is -2.64. The summed E-state index contributed by atoms with van der Waals surface area (Å²) >= 11 is 0. The van der Waals surface area contributed by atoms with E-state index in [9.17, 15) is 64.8 Å². The number of hydrogen-bond acceptors (Lipinski definition) is 7. The first-order valence-corrected chi connectivity index (χ1v) is 12.9. The molecule has 0 spiro atoms. The molecule has 1 rings (SSSR count). The first-order chi connectivity index (χ1) is 14.0. The molecule has 0 aromatic carbocycles. The Balaban J connectivity index is 3.46. The van der Waals surface area contributed by atoms with Gasteiger partial charge in [-0.2, -0.15) is 39.5 Å². The van der Waals surface area contributed by atoms with Crippen molar-refractivity contribution in [1.29, 1.82) is 0 Å². The molecule has 2 unspecified atom stereocenters. The van der Waals surface area contributed by atoms with Gasteiger partial charge >= 0.3 is 32.0 Å². The summed E-state index contributed by atoms with van der Waals surface area (Å²) < 4.78 is 189. The summed E-state index contributed by atoms with van der Waals surface area (Å²) in [5.41, 5.74) is -6.61. The Morgan fingerprint density at radius 1 is 0.781 bits per heavy atom. The lowest BCUT2D eigenvalue weighted by molar-refractivity contribution is -0.244. The molecule has 1 fully saturated rings. The summed E-state index contributed by atoms with van der Waals surface area (Å²) in [5, 5.41) is -13.8. The van der Waals surface area contributed by atoms with E-state index in [-0.39, 0.29) is 25.8 Å². The average Bonchev–Trinajstić information content (AvgIpc) is 2.87. The van der Waals surface area contributed by atoms with Crippen molar-refractivity contribution in [3.05, 3.63) is 0 Å². The maximum atomic E-state index is 14.3. The van der Waals surface area contributed by atoms with Gasteiger partial charge in [0.25, 0.3) is 10.0 Å². The van der Waals surface area contributed by atoms with Crippen LogP contribution in [0.15, 0.2) is 0 Å². The molecule has 0 saturated carbocycles. The lowest BCUT2D eigenvalue weighted by Gasteiger charge is -2.34. The summed E-state index contributed by atoms with van der Waals surface area (Å²) in [6, 6.07) is 0. The largest absolute Gasteiger partial charge is 0.512 e. The molecular weight excluding hydrogens is 535 g/mol. The minimum atomic E-state index is -7.75. The molecule has 0 aliphatic carbocycles. The maximum absolute atomic E-state index is 14.3. The van der Waals surface area contributed by atoms with Crippen LogP contribution in [0.3, 0.4) is 0 Å². The molecule has 0 amide bonds. The van der Waals surface area contributed by atoms with E-state index in [1.165, 1.54) is 0 Å².